The summed E-state index contributed by atoms with van der Waals surface area (Å²) in [6, 6.07) is 13.5. The molecule has 0 aromatic heterocycles. The molecule has 1 atom stereocenters. The average Bonchev–Trinajstić information content (AvgIpc) is 2.34. The second-order valence-corrected chi connectivity index (χ2v) is 3.91. The van der Waals surface area contributed by atoms with Crippen LogP contribution in [-0.4, -0.2) is 0 Å². The van der Waals surface area contributed by atoms with Crippen LogP contribution in [0.3, 0.4) is 0 Å². The van der Waals surface area contributed by atoms with Crippen LogP contribution in [-0.2, 0) is 0 Å². The topological polar surface area (TPSA) is 12.0 Å². The number of benzene rings is 2. The Hall–Kier alpha value is -1.90. The molecule has 17 heavy (non-hydrogen) atoms. The van der Waals surface area contributed by atoms with E-state index in [0.29, 0.717) is 5.56 Å². The van der Waals surface area contributed by atoms with Crippen LogP contribution in [0.2, 0.25) is 0 Å². The van der Waals surface area contributed by atoms with Gasteiger partial charge in [0.25, 0.3) is 0 Å². The molecular weight excluding hydrogens is 220 g/mol. The summed E-state index contributed by atoms with van der Waals surface area (Å²) in [4.78, 5) is 0. The molecule has 0 aliphatic heterocycles. The van der Waals surface area contributed by atoms with Crippen molar-refractivity contribution in [2.24, 2.45) is 0 Å². The summed E-state index contributed by atoms with van der Waals surface area (Å²) in [6.45, 7) is 1.90. The van der Waals surface area contributed by atoms with Crippen LogP contribution in [0.15, 0.2) is 48.5 Å². The largest absolute Gasteiger partial charge is 0.379 e. The normalized spacial score (nSPS) is 12.2. The molecule has 0 aliphatic rings. The zero-order chi connectivity index (χ0) is 12.3. The van der Waals surface area contributed by atoms with Gasteiger partial charge in [-0.2, -0.15) is 0 Å². The van der Waals surface area contributed by atoms with Gasteiger partial charge in [-0.05, 0) is 36.8 Å². The minimum absolute atomic E-state index is 0.0764. The first-order chi connectivity index (χ1) is 8.16. The molecule has 2 rings (SSSR count). The number of halogens is 2. The van der Waals surface area contributed by atoms with Crippen molar-refractivity contribution in [3.63, 3.8) is 0 Å². The highest BCUT2D eigenvalue weighted by molar-refractivity contribution is 5.44. The number of para-hydroxylation sites is 1. The SMILES string of the molecule is CC(Nc1ccccc1)c1ccc(F)c(F)c1. The first-order valence-corrected chi connectivity index (χ1v) is 5.43. The molecule has 0 radical (unpaired) electrons. The Balaban J connectivity index is 2.14. The maximum atomic E-state index is 13.1. The highest BCUT2D eigenvalue weighted by atomic mass is 19.2. The van der Waals surface area contributed by atoms with Crippen LogP contribution < -0.4 is 5.32 Å². The minimum atomic E-state index is -0.819. The molecular formula is C14H13F2N. The third kappa shape index (κ3) is 2.81. The summed E-state index contributed by atoms with van der Waals surface area (Å²) in [5, 5.41) is 3.22. The smallest absolute Gasteiger partial charge is 0.159 e. The Morgan fingerprint density at radius 1 is 0.941 bits per heavy atom. The summed E-state index contributed by atoms with van der Waals surface area (Å²) in [7, 11) is 0. The Morgan fingerprint density at radius 3 is 2.29 bits per heavy atom. The van der Waals surface area contributed by atoms with Crippen LogP contribution in [0.4, 0.5) is 14.5 Å². The summed E-state index contributed by atoms with van der Waals surface area (Å²) in [5.74, 6) is -1.63. The molecule has 0 saturated heterocycles. The number of nitrogens with one attached hydrogen (secondary N) is 1. The Bertz CT molecular complexity index is 497. The summed E-state index contributed by atoms with van der Waals surface area (Å²) in [5.41, 5.74) is 1.66. The standard InChI is InChI=1S/C14H13F2N/c1-10(17-12-5-3-2-4-6-12)11-7-8-13(15)14(16)9-11/h2-10,17H,1H3. The van der Waals surface area contributed by atoms with E-state index < -0.39 is 11.6 Å². The molecule has 0 aliphatic carbocycles. The van der Waals surface area contributed by atoms with E-state index in [1.54, 1.807) is 6.07 Å². The first kappa shape index (κ1) is 11.6. The van der Waals surface area contributed by atoms with E-state index in [1.165, 1.54) is 6.07 Å². The van der Waals surface area contributed by atoms with E-state index in [4.69, 9.17) is 0 Å². The molecule has 2 aromatic carbocycles. The van der Waals surface area contributed by atoms with Crippen molar-refractivity contribution in [2.45, 2.75) is 13.0 Å². The number of hydrogen-bond donors (Lipinski definition) is 1. The number of rotatable bonds is 3. The lowest BCUT2D eigenvalue weighted by atomic mass is 10.1. The van der Waals surface area contributed by atoms with E-state index in [2.05, 4.69) is 5.32 Å². The van der Waals surface area contributed by atoms with Crippen molar-refractivity contribution in [1.82, 2.24) is 0 Å². The van der Waals surface area contributed by atoms with E-state index >= 15 is 0 Å². The molecule has 1 nitrogen and oxygen atoms in total. The van der Waals surface area contributed by atoms with Crippen LogP contribution in [0, 0.1) is 11.6 Å². The number of hydrogen-bond acceptors (Lipinski definition) is 1. The Morgan fingerprint density at radius 2 is 1.65 bits per heavy atom. The molecule has 0 amide bonds. The van der Waals surface area contributed by atoms with Gasteiger partial charge in [-0.1, -0.05) is 24.3 Å². The van der Waals surface area contributed by atoms with Gasteiger partial charge < -0.3 is 5.32 Å². The van der Waals surface area contributed by atoms with Gasteiger partial charge in [0, 0.05) is 11.7 Å². The Labute approximate surface area is 99.1 Å². The molecule has 88 valence electrons. The maximum absolute atomic E-state index is 13.1. The van der Waals surface area contributed by atoms with E-state index in [9.17, 15) is 8.78 Å². The van der Waals surface area contributed by atoms with Crippen LogP contribution in [0.5, 0.6) is 0 Å². The zero-order valence-electron chi connectivity index (χ0n) is 9.45. The lowest BCUT2D eigenvalue weighted by Gasteiger charge is -2.15. The number of anilines is 1. The van der Waals surface area contributed by atoms with Crippen molar-refractivity contribution in [2.75, 3.05) is 5.32 Å². The van der Waals surface area contributed by atoms with Gasteiger partial charge in [-0.15, -0.1) is 0 Å². The molecule has 2 aromatic rings. The summed E-state index contributed by atoms with van der Waals surface area (Å²) in [6.07, 6.45) is 0. The molecule has 3 heteroatoms. The molecule has 0 saturated carbocycles. The van der Waals surface area contributed by atoms with E-state index in [-0.39, 0.29) is 6.04 Å². The highest BCUT2D eigenvalue weighted by Gasteiger charge is 2.08. The van der Waals surface area contributed by atoms with Crippen LogP contribution in [0.25, 0.3) is 0 Å². The zero-order valence-corrected chi connectivity index (χ0v) is 9.45. The molecule has 0 spiro atoms. The quantitative estimate of drug-likeness (QED) is 0.840. The lowest BCUT2D eigenvalue weighted by Crippen LogP contribution is -2.07. The second-order valence-electron chi connectivity index (χ2n) is 3.91. The first-order valence-electron chi connectivity index (χ1n) is 5.43. The third-order valence-electron chi connectivity index (χ3n) is 2.60. The minimum Gasteiger partial charge on any atom is -0.379 e. The fraction of sp³-hybridized carbons (Fsp3) is 0.143. The predicted octanol–water partition coefficient (Wildman–Crippen LogP) is 4.14. The summed E-state index contributed by atoms with van der Waals surface area (Å²) >= 11 is 0. The molecule has 0 fully saturated rings. The maximum Gasteiger partial charge on any atom is 0.159 e. The van der Waals surface area contributed by atoms with Gasteiger partial charge in [0.1, 0.15) is 0 Å². The van der Waals surface area contributed by atoms with Gasteiger partial charge in [-0.25, -0.2) is 8.78 Å². The van der Waals surface area contributed by atoms with Gasteiger partial charge >= 0.3 is 0 Å². The predicted molar refractivity (Wildman–Crippen MR) is 64.8 cm³/mol. The monoisotopic (exact) mass is 233 g/mol. The third-order valence-corrected chi connectivity index (χ3v) is 2.60. The molecule has 1 N–H and O–H groups in total. The van der Waals surface area contributed by atoms with Crippen molar-refractivity contribution in [1.29, 1.82) is 0 Å². The van der Waals surface area contributed by atoms with Crippen LogP contribution in [0.1, 0.15) is 18.5 Å². The van der Waals surface area contributed by atoms with Gasteiger partial charge in [0.05, 0.1) is 0 Å². The second kappa shape index (κ2) is 4.95. The van der Waals surface area contributed by atoms with Crippen molar-refractivity contribution >= 4 is 5.69 Å². The van der Waals surface area contributed by atoms with Crippen LogP contribution >= 0.6 is 0 Å². The Kier molecular flexibility index (Phi) is 3.38. The fourth-order valence-corrected chi connectivity index (χ4v) is 1.65. The highest BCUT2D eigenvalue weighted by Crippen LogP contribution is 2.20. The van der Waals surface area contributed by atoms with Gasteiger partial charge in [0.2, 0.25) is 0 Å². The van der Waals surface area contributed by atoms with Crippen molar-refractivity contribution in [3.8, 4) is 0 Å². The van der Waals surface area contributed by atoms with Crippen molar-refractivity contribution in [3.05, 3.63) is 65.7 Å². The van der Waals surface area contributed by atoms with E-state index in [1.807, 2.05) is 37.3 Å². The van der Waals surface area contributed by atoms with Gasteiger partial charge in [-0.3, -0.25) is 0 Å². The lowest BCUT2D eigenvalue weighted by molar-refractivity contribution is 0.506. The molecule has 0 heterocycles. The fourth-order valence-electron chi connectivity index (χ4n) is 1.65. The summed E-state index contributed by atoms with van der Waals surface area (Å²) < 4.78 is 25.9. The van der Waals surface area contributed by atoms with Gasteiger partial charge in [0.15, 0.2) is 11.6 Å². The van der Waals surface area contributed by atoms with Crippen molar-refractivity contribution < 1.29 is 8.78 Å². The molecule has 1 unspecified atom stereocenters. The molecule has 0 bridgehead atoms. The average molecular weight is 233 g/mol. The van der Waals surface area contributed by atoms with E-state index in [0.717, 1.165) is 11.8 Å².